The maximum atomic E-state index is 11.4. The Balaban J connectivity index is 2.68. The molecule has 0 aliphatic rings. The van der Waals surface area contributed by atoms with E-state index in [2.05, 4.69) is 6.58 Å². The largest absolute Gasteiger partial charge is 0.497 e. The molecule has 84 valence electrons. The molecule has 0 fully saturated rings. The normalized spacial score (nSPS) is 11.7. The molecule has 0 aliphatic carbocycles. The molecule has 0 unspecified atom stereocenters. The number of methoxy groups -OCH3 is 1. The van der Waals surface area contributed by atoms with Crippen LogP contribution in [0.3, 0.4) is 0 Å². The number of pyridine rings is 1. The standard InChI is InChI=1S/C13H15NO2/c1-3-7-12(16-2)8-6-11-14-10-5-4-9-13(14)15/h3-10H,1,11H2,2H3/b8-6-,12-7+. The molecule has 0 amide bonds. The molecule has 1 aromatic rings. The average molecular weight is 217 g/mol. The first-order valence-corrected chi connectivity index (χ1v) is 4.96. The number of hydrogen-bond donors (Lipinski definition) is 0. The maximum absolute atomic E-state index is 11.4. The summed E-state index contributed by atoms with van der Waals surface area (Å²) >= 11 is 0. The van der Waals surface area contributed by atoms with Crippen LogP contribution in [0.1, 0.15) is 0 Å². The van der Waals surface area contributed by atoms with Crippen LogP contribution in [0.5, 0.6) is 0 Å². The Morgan fingerprint density at radius 3 is 3.00 bits per heavy atom. The summed E-state index contributed by atoms with van der Waals surface area (Å²) in [6.07, 6.45) is 8.82. The van der Waals surface area contributed by atoms with Crippen molar-refractivity contribution < 1.29 is 4.74 Å². The molecule has 1 heterocycles. The lowest BCUT2D eigenvalue weighted by Crippen LogP contribution is -2.16. The van der Waals surface area contributed by atoms with Crippen LogP contribution < -0.4 is 5.56 Å². The first-order valence-electron chi connectivity index (χ1n) is 4.96. The van der Waals surface area contributed by atoms with E-state index in [-0.39, 0.29) is 5.56 Å². The van der Waals surface area contributed by atoms with E-state index in [1.807, 2.05) is 12.1 Å². The summed E-state index contributed by atoms with van der Waals surface area (Å²) in [7, 11) is 1.59. The highest BCUT2D eigenvalue weighted by Gasteiger charge is 1.90. The Hall–Kier alpha value is -2.03. The van der Waals surface area contributed by atoms with Crippen molar-refractivity contribution in [2.75, 3.05) is 7.11 Å². The first kappa shape index (κ1) is 12.0. The van der Waals surface area contributed by atoms with Gasteiger partial charge >= 0.3 is 0 Å². The molecule has 0 bridgehead atoms. The Kier molecular flexibility index (Phi) is 4.86. The van der Waals surface area contributed by atoms with E-state index in [0.717, 1.165) is 0 Å². The first-order chi connectivity index (χ1) is 7.77. The molecule has 0 N–H and O–H groups in total. The Morgan fingerprint density at radius 1 is 1.56 bits per heavy atom. The number of ether oxygens (including phenoxy) is 1. The van der Waals surface area contributed by atoms with Crippen molar-refractivity contribution >= 4 is 0 Å². The highest BCUT2D eigenvalue weighted by atomic mass is 16.5. The van der Waals surface area contributed by atoms with Gasteiger partial charge in [-0.1, -0.05) is 24.8 Å². The molecule has 1 aromatic heterocycles. The number of allylic oxidation sites excluding steroid dienone is 4. The third-order valence-corrected chi connectivity index (χ3v) is 2.00. The SMILES string of the molecule is C=C/C=C(\C=C/Cn1ccccc1=O)OC. The van der Waals surface area contributed by atoms with Gasteiger partial charge in [-0.3, -0.25) is 4.79 Å². The van der Waals surface area contributed by atoms with E-state index in [1.165, 1.54) is 6.07 Å². The zero-order valence-electron chi connectivity index (χ0n) is 9.30. The van der Waals surface area contributed by atoms with Crippen LogP contribution in [-0.2, 0) is 11.3 Å². The van der Waals surface area contributed by atoms with E-state index in [0.29, 0.717) is 12.3 Å². The third kappa shape index (κ3) is 3.61. The van der Waals surface area contributed by atoms with Crippen molar-refractivity contribution in [3.05, 3.63) is 71.4 Å². The highest BCUT2D eigenvalue weighted by molar-refractivity contribution is 5.17. The van der Waals surface area contributed by atoms with Crippen LogP contribution in [0.25, 0.3) is 0 Å². The monoisotopic (exact) mass is 217 g/mol. The Labute approximate surface area is 95.0 Å². The smallest absolute Gasteiger partial charge is 0.250 e. The van der Waals surface area contributed by atoms with Crippen LogP contribution in [0.4, 0.5) is 0 Å². The lowest BCUT2D eigenvalue weighted by atomic mass is 10.3. The summed E-state index contributed by atoms with van der Waals surface area (Å²) in [6.45, 7) is 4.11. The summed E-state index contributed by atoms with van der Waals surface area (Å²) in [6, 6.07) is 5.08. The summed E-state index contributed by atoms with van der Waals surface area (Å²) in [5.74, 6) is 0.707. The van der Waals surface area contributed by atoms with E-state index in [1.54, 1.807) is 42.2 Å². The van der Waals surface area contributed by atoms with Gasteiger partial charge in [0, 0.05) is 18.8 Å². The number of nitrogens with zero attached hydrogens (tertiary/aromatic N) is 1. The van der Waals surface area contributed by atoms with Gasteiger partial charge in [0.25, 0.3) is 5.56 Å². The molecular formula is C13H15NO2. The fraction of sp³-hybridized carbons (Fsp3) is 0.154. The molecule has 3 nitrogen and oxygen atoms in total. The molecular weight excluding hydrogens is 202 g/mol. The summed E-state index contributed by atoms with van der Waals surface area (Å²) in [4.78, 5) is 11.4. The molecule has 16 heavy (non-hydrogen) atoms. The van der Waals surface area contributed by atoms with Crippen molar-refractivity contribution in [2.24, 2.45) is 0 Å². The van der Waals surface area contributed by atoms with Crippen molar-refractivity contribution in [2.45, 2.75) is 6.54 Å². The minimum atomic E-state index is -0.0150. The lowest BCUT2D eigenvalue weighted by molar-refractivity contribution is 0.306. The number of rotatable bonds is 5. The van der Waals surface area contributed by atoms with E-state index >= 15 is 0 Å². The van der Waals surface area contributed by atoms with E-state index < -0.39 is 0 Å². The Morgan fingerprint density at radius 2 is 2.38 bits per heavy atom. The van der Waals surface area contributed by atoms with Crippen LogP contribution in [-0.4, -0.2) is 11.7 Å². The second-order valence-corrected chi connectivity index (χ2v) is 3.10. The minimum absolute atomic E-state index is 0.0150. The van der Waals surface area contributed by atoms with Crippen LogP contribution in [0.15, 0.2) is 65.8 Å². The second kappa shape index (κ2) is 6.45. The van der Waals surface area contributed by atoms with E-state index in [9.17, 15) is 4.79 Å². The van der Waals surface area contributed by atoms with Gasteiger partial charge in [-0.25, -0.2) is 0 Å². The molecule has 0 atom stereocenters. The number of aromatic nitrogens is 1. The summed E-state index contributed by atoms with van der Waals surface area (Å²) in [5, 5.41) is 0. The van der Waals surface area contributed by atoms with Gasteiger partial charge < -0.3 is 9.30 Å². The zero-order valence-corrected chi connectivity index (χ0v) is 9.30. The third-order valence-electron chi connectivity index (χ3n) is 2.00. The van der Waals surface area contributed by atoms with Gasteiger partial charge in [-0.15, -0.1) is 0 Å². The van der Waals surface area contributed by atoms with Gasteiger partial charge in [0.05, 0.1) is 7.11 Å². The van der Waals surface area contributed by atoms with Crippen LogP contribution >= 0.6 is 0 Å². The quantitative estimate of drug-likeness (QED) is 0.559. The van der Waals surface area contributed by atoms with E-state index in [4.69, 9.17) is 4.74 Å². The fourth-order valence-electron chi connectivity index (χ4n) is 1.20. The van der Waals surface area contributed by atoms with Crippen LogP contribution in [0.2, 0.25) is 0 Å². The van der Waals surface area contributed by atoms with Crippen molar-refractivity contribution in [3.8, 4) is 0 Å². The molecule has 0 saturated carbocycles. The molecule has 0 radical (unpaired) electrons. The van der Waals surface area contributed by atoms with Gasteiger partial charge in [0.1, 0.15) is 5.76 Å². The van der Waals surface area contributed by atoms with Gasteiger partial charge in [0.2, 0.25) is 0 Å². The molecule has 3 heteroatoms. The second-order valence-electron chi connectivity index (χ2n) is 3.10. The average Bonchev–Trinajstić information content (AvgIpc) is 2.30. The molecule has 0 aliphatic heterocycles. The summed E-state index contributed by atoms with van der Waals surface area (Å²) in [5.41, 5.74) is -0.0150. The van der Waals surface area contributed by atoms with Gasteiger partial charge in [-0.05, 0) is 18.2 Å². The fourth-order valence-corrected chi connectivity index (χ4v) is 1.20. The molecule has 0 saturated heterocycles. The topological polar surface area (TPSA) is 31.2 Å². The summed E-state index contributed by atoms with van der Waals surface area (Å²) < 4.78 is 6.68. The van der Waals surface area contributed by atoms with Crippen molar-refractivity contribution in [3.63, 3.8) is 0 Å². The van der Waals surface area contributed by atoms with Gasteiger partial charge in [0.15, 0.2) is 0 Å². The maximum Gasteiger partial charge on any atom is 0.250 e. The predicted molar refractivity (Wildman–Crippen MR) is 65.1 cm³/mol. The lowest BCUT2D eigenvalue weighted by Gasteiger charge is -2.01. The molecule has 0 aromatic carbocycles. The van der Waals surface area contributed by atoms with Crippen molar-refractivity contribution in [1.82, 2.24) is 4.57 Å². The highest BCUT2D eigenvalue weighted by Crippen LogP contribution is 1.98. The number of hydrogen-bond acceptors (Lipinski definition) is 2. The van der Waals surface area contributed by atoms with Crippen molar-refractivity contribution in [1.29, 1.82) is 0 Å². The zero-order chi connectivity index (χ0) is 11.8. The molecule has 0 spiro atoms. The Bertz CT molecular complexity index is 455. The minimum Gasteiger partial charge on any atom is -0.497 e. The predicted octanol–water partition coefficient (Wildman–Crippen LogP) is 2.12. The van der Waals surface area contributed by atoms with Gasteiger partial charge in [-0.2, -0.15) is 0 Å². The van der Waals surface area contributed by atoms with Crippen LogP contribution in [0, 0.1) is 0 Å². The molecule has 1 rings (SSSR count).